The zero-order chi connectivity index (χ0) is 24.3. The van der Waals surface area contributed by atoms with Crippen LogP contribution < -0.4 is 5.32 Å². The van der Waals surface area contributed by atoms with Crippen molar-refractivity contribution in [1.29, 1.82) is 0 Å². The van der Waals surface area contributed by atoms with Gasteiger partial charge in [-0.1, -0.05) is 54.6 Å². The van der Waals surface area contributed by atoms with E-state index in [2.05, 4.69) is 10.2 Å². The number of urea groups is 1. The van der Waals surface area contributed by atoms with Crippen molar-refractivity contribution in [3.05, 3.63) is 88.6 Å². The fourth-order valence-electron chi connectivity index (χ4n) is 3.95. The molecule has 35 heavy (non-hydrogen) atoms. The van der Waals surface area contributed by atoms with Gasteiger partial charge in [0.05, 0.1) is 19.8 Å². The van der Waals surface area contributed by atoms with E-state index in [0.29, 0.717) is 45.1 Å². The van der Waals surface area contributed by atoms with E-state index in [0.717, 1.165) is 23.5 Å². The van der Waals surface area contributed by atoms with Gasteiger partial charge >= 0.3 is 6.03 Å². The highest BCUT2D eigenvalue weighted by molar-refractivity contribution is 7.09. The van der Waals surface area contributed by atoms with E-state index in [4.69, 9.17) is 4.74 Å². The molecule has 184 valence electrons. The molecule has 3 aromatic rings. The van der Waals surface area contributed by atoms with E-state index in [-0.39, 0.29) is 18.5 Å². The number of carbonyl (C=O) groups excluding carboxylic acids is 2. The molecule has 1 aromatic heterocycles. The summed E-state index contributed by atoms with van der Waals surface area (Å²) in [6.07, 6.45) is 0. The Labute approximate surface area is 210 Å². The lowest BCUT2D eigenvalue weighted by atomic mass is 10.2. The number of rotatable bonds is 10. The number of benzene rings is 2. The van der Waals surface area contributed by atoms with E-state index < -0.39 is 0 Å². The molecule has 1 fully saturated rings. The third-order valence-corrected chi connectivity index (χ3v) is 6.79. The maximum absolute atomic E-state index is 13.6. The van der Waals surface area contributed by atoms with Crippen molar-refractivity contribution < 1.29 is 14.3 Å². The molecule has 1 saturated heterocycles. The van der Waals surface area contributed by atoms with Crippen molar-refractivity contribution in [2.45, 2.75) is 13.1 Å². The van der Waals surface area contributed by atoms with Crippen LogP contribution in [0, 0.1) is 0 Å². The van der Waals surface area contributed by atoms with Gasteiger partial charge in [0.2, 0.25) is 5.91 Å². The quantitative estimate of drug-likeness (QED) is 0.462. The summed E-state index contributed by atoms with van der Waals surface area (Å²) in [5.41, 5.74) is 1.77. The molecule has 0 saturated carbocycles. The predicted octanol–water partition coefficient (Wildman–Crippen LogP) is 4.14. The van der Waals surface area contributed by atoms with E-state index in [9.17, 15) is 9.59 Å². The Hall–Kier alpha value is -3.20. The molecule has 1 aliphatic rings. The van der Waals surface area contributed by atoms with Gasteiger partial charge in [-0.15, -0.1) is 11.3 Å². The lowest BCUT2D eigenvalue weighted by Crippen LogP contribution is -2.48. The molecular weight excluding hydrogens is 460 g/mol. The topological polar surface area (TPSA) is 65.1 Å². The summed E-state index contributed by atoms with van der Waals surface area (Å²) >= 11 is 1.63. The highest BCUT2D eigenvalue weighted by atomic mass is 32.1. The van der Waals surface area contributed by atoms with Crippen LogP contribution in [0.1, 0.15) is 10.4 Å². The molecule has 7 nitrogen and oxygen atoms in total. The SMILES string of the molecule is O=C(CN(CCN1CCOCC1)C(=O)Nc1ccccc1)N(Cc1ccccc1)Cc1cccs1. The summed E-state index contributed by atoms with van der Waals surface area (Å²) in [5.74, 6) is -0.0764. The molecule has 0 aliphatic carbocycles. The first kappa shape index (κ1) is 24.9. The van der Waals surface area contributed by atoms with E-state index in [1.54, 1.807) is 16.2 Å². The van der Waals surface area contributed by atoms with Gasteiger partial charge < -0.3 is 19.9 Å². The second-order valence-electron chi connectivity index (χ2n) is 8.49. The second-order valence-corrected chi connectivity index (χ2v) is 9.52. The standard InChI is InChI=1S/C27H32N4O3S/c32-26(31(21-25-12-7-19-35-25)20-23-8-3-1-4-9-23)22-30(14-13-29-15-17-34-18-16-29)27(33)28-24-10-5-2-6-11-24/h1-12,19H,13-18,20-22H2,(H,28,33). The molecule has 0 atom stereocenters. The average molecular weight is 493 g/mol. The summed E-state index contributed by atoms with van der Waals surface area (Å²) in [7, 11) is 0. The molecule has 0 bridgehead atoms. The van der Waals surface area contributed by atoms with Crippen molar-refractivity contribution in [2.24, 2.45) is 0 Å². The Kier molecular flexibility index (Phi) is 9.28. The summed E-state index contributed by atoms with van der Waals surface area (Å²) < 4.78 is 5.44. The van der Waals surface area contributed by atoms with Crippen LogP contribution in [0.2, 0.25) is 0 Å². The maximum atomic E-state index is 13.6. The number of carbonyl (C=O) groups is 2. The zero-order valence-electron chi connectivity index (χ0n) is 19.8. The Morgan fingerprint density at radius 2 is 1.60 bits per heavy atom. The fourth-order valence-corrected chi connectivity index (χ4v) is 4.67. The monoisotopic (exact) mass is 492 g/mol. The molecule has 8 heteroatoms. The number of hydrogen-bond donors (Lipinski definition) is 1. The minimum atomic E-state index is -0.270. The van der Waals surface area contributed by atoms with Crippen LogP contribution in [0.3, 0.4) is 0 Å². The van der Waals surface area contributed by atoms with Gasteiger partial charge in [-0.3, -0.25) is 9.69 Å². The Morgan fingerprint density at radius 3 is 2.29 bits per heavy atom. The van der Waals surface area contributed by atoms with Crippen LogP contribution in [0.25, 0.3) is 0 Å². The first-order valence-electron chi connectivity index (χ1n) is 11.9. The molecular formula is C27H32N4O3S. The van der Waals surface area contributed by atoms with Crippen molar-refractivity contribution in [2.75, 3.05) is 51.3 Å². The highest BCUT2D eigenvalue weighted by Crippen LogP contribution is 2.16. The van der Waals surface area contributed by atoms with Crippen LogP contribution in [0.15, 0.2) is 78.2 Å². The van der Waals surface area contributed by atoms with E-state index in [1.807, 2.05) is 83.1 Å². The van der Waals surface area contributed by atoms with Crippen molar-refractivity contribution in [1.82, 2.24) is 14.7 Å². The fraction of sp³-hybridized carbons (Fsp3) is 0.333. The number of thiophene rings is 1. The van der Waals surface area contributed by atoms with E-state index >= 15 is 0 Å². The molecule has 1 N–H and O–H groups in total. The smallest absolute Gasteiger partial charge is 0.322 e. The van der Waals surface area contributed by atoms with Gasteiger partial charge in [-0.2, -0.15) is 0 Å². The third-order valence-electron chi connectivity index (χ3n) is 5.92. The molecule has 3 amide bonds. The van der Waals surface area contributed by atoms with E-state index in [1.165, 1.54) is 0 Å². The maximum Gasteiger partial charge on any atom is 0.322 e. The van der Waals surface area contributed by atoms with Gasteiger partial charge in [0.15, 0.2) is 0 Å². The minimum absolute atomic E-state index is 0.0151. The van der Waals surface area contributed by atoms with Gasteiger partial charge in [-0.05, 0) is 29.1 Å². The van der Waals surface area contributed by atoms with Gasteiger partial charge in [0.25, 0.3) is 0 Å². The van der Waals surface area contributed by atoms with Gasteiger partial charge in [0.1, 0.15) is 6.54 Å². The molecule has 0 unspecified atom stereocenters. The van der Waals surface area contributed by atoms with Gasteiger partial charge in [-0.25, -0.2) is 4.79 Å². The molecule has 1 aliphatic heterocycles. The van der Waals surface area contributed by atoms with Crippen molar-refractivity contribution in [3.8, 4) is 0 Å². The lowest BCUT2D eigenvalue weighted by Gasteiger charge is -2.31. The van der Waals surface area contributed by atoms with Crippen LogP contribution >= 0.6 is 11.3 Å². The highest BCUT2D eigenvalue weighted by Gasteiger charge is 2.23. The number of hydrogen-bond acceptors (Lipinski definition) is 5. The average Bonchev–Trinajstić information content (AvgIpc) is 3.41. The number of ether oxygens (including phenoxy) is 1. The molecule has 4 rings (SSSR count). The van der Waals surface area contributed by atoms with Gasteiger partial charge in [0, 0.05) is 43.3 Å². The summed E-state index contributed by atoms with van der Waals surface area (Å²) in [4.78, 5) is 33.6. The zero-order valence-corrected chi connectivity index (χ0v) is 20.7. The number of anilines is 1. The summed E-state index contributed by atoms with van der Waals surface area (Å²) in [5, 5.41) is 4.96. The lowest BCUT2D eigenvalue weighted by molar-refractivity contribution is -0.133. The van der Waals surface area contributed by atoms with Crippen molar-refractivity contribution >= 4 is 29.0 Å². The Morgan fingerprint density at radius 1 is 0.886 bits per heavy atom. The summed E-state index contributed by atoms with van der Waals surface area (Å²) in [6, 6.07) is 23.1. The number of amides is 3. The summed E-state index contributed by atoms with van der Waals surface area (Å²) in [6.45, 7) is 5.24. The number of nitrogens with one attached hydrogen (secondary N) is 1. The number of para-hydroxylation sites is 1. The third kappa shape index (κ3) is 7.92. The molecule has 2 heterocycles. The first-order chi connectivity index (χ1) is 17.2. The van der Waals surface area contributed by atoms with Crippen LogP contribution in [-0.4, -0.2) is 72.6 Å². The Balaban J connectivity index is 1.47. The Bertz CT molecular complexity index is 1040. The van der Waals surface area contributed by atoms with Crippen LogP contribution in [-0.2, 0) is 22.6 Å². The minimum Gasteiger partial charge on any atom is -0.379 e. The van der Waals surface area contributed by atoms with Crippen LogP contribution in [0.5, 0.6) is 0 Å². The van der Waals surface area contributed by atoms with Crippen LogP contribution in [0.4, 0.5) is 10.5 Å². The normalized spacial score (nSPS) is 13.8. The number of nitrogens with zero attached hydrogens (tertiary/aromatic N) is 3. The predicted molar refractivity (Wildman–Crippen MR) is 139 cm³/mol. The largest absolute Gasteiger partial charge is 0.379 e. The molecule has 0 radical (unpaired) electrons. The molecule has 2 aromatic carbocycles. The number of morpholine rings is 1. The van der Waals surface area contributed by atoms with Crippen molar-refractivity contribution in [3.63, 3.8) is 0 Å². The first-order valence-corrected chi connectivity index (χ1v) is 12.8. The molecule has 0 spiro atoms. The second kappa shape index (κ2) is 13.0.